The fourth-order valence-corrected chi connectivity index (χ4v) is 3.17. The second-order valence-corrected chi connectivity index (χ2v) is 7.87. The molecule has 0 unspecified atom stereocenters. The molecule has 1 aliphatic heterocycles. The Morgan fingerprint density at radius 2 is 1.96 bits per heavy atom. The Morgan fingerprint density at radius 1 is 1.26 bits per heavy atom. The second kappa shape index (κ2) is 10.8. The first kappa shape index (κ1) is 20.2. The summed E-state index contributed by atoms with van der Waals surface area (Å²) >= 11 is 0. The van der Waals surface area contributed by atoms with Gasteiger partial charge in [0, 0.05) is 38.8 Å². The molecule has 0 amide bonds. The van der Waals surface area contributed by atoms with Crippen LogP contribution in [-0.4, -0.2) is 70.8 Å². The Morgan fingerprint density at radius 3 is 2.52 bits per heavy atom. The molecular formula is C15H33N5O2S. The van der Waals surface area contributed by atoms with Crippen molar-refractivity contribution >= 4 is 16.0 Å². The van der Waals surface area contributed by atoms with Gasteiger partial charge in [0.15, 0.2) is 5.96 Å². The molecule has 8 heteroatoms. The first-order valence-electron chi connectivity index (χ1n) is 8.66. The molecule has 7 nitrogen and oxygen atoms in total. The first-order valence-corrected chi connectivity index (χ1v) is 10.6. The summed E-state index contributed by atoms with van der Waals surface area (Å²) in [5.41, 5.74) is 0. The maximum atomic E-state index is 11.0. The third-order valence-corrected chi connectivity index (χ3v) is 4.51. The highest BCUT2D eigenvalue weighted by molar-refractivity contribution is 7.88. The van der Waals surface area contributed by atoms with E-state index in [-0.39, 0.29) is 0 Å². The Hall–Kier alpha value is -0.860. The van der Waals surface area contributed by atoms with Gasteiger partial charge < -0.3 is 15.5 Å². The molecule has 1 saturated heterocycles. The van der Waals surface area contributed by atoms with Crippen LogP contribution < -0.4 is 15.4 Å². The van der Waals surface area contributed by atoms with Crippen molar-refractivity contribution in [2.24, 2.45) is 4.99 Å². The summed E-state index contributed by atoms with van der Waals surface area (Å²) in [6.07, 6.45) is 5.36. The van der Waals surface area contributed by atoms with Gasteiger partial charge in [0.25, 0.3) is 0 Å². The fraction of sp³-hybridized carbons (Fsp3) is 0.933. The van der Waals surface area contributed by atoms with Crippen molar-refractivity contribution in [3.8, 4) is 0 Å². The standard InChI is InChI=1S/C15H33N5O2S/c1-4-11-20-12-7-14(8-13-20)19-15(16-5-2)17-9-6-10-18-23(3,21)22/h14,18H,4-13H2,1-3H3,(H2,16,17,19). The summed E-state index contributed by atoms with van der Waals surface area (Å²) in [6.45, 7) is 9.59. The minimum absolute atomic E-state index is 0.428. The van der Waals surface area contributed by atoms with E-state index in [1.807, 2.05) is 6.92 Å². The lowest BCUT2D eigenvalue weighted by molar-refractivity contribution is 0.206. The van der Waals surface area contributed by atoms with Gasteiger partial charge in [-0.25, -0.2) is 13.1 Å². The lowest BCUT2D eigenvalue weighted by atomic mass is 10.1. The minimum atomic E-state index is -3.10. The molecule has 3 N–H and O–H groups in total. The molecule has 1 aliphatic rings. The van der Waals surface area contributed by atoms with Crippen LogP contribution in [0.5, 0.6) is 0 Å². The average molecular weight is 348 g/mol. The molecular weight excluding hydrogens is 314 g/mol. The third kappa shape index (κ3) is 9.78. The number of hydrogen-bond acceptors (Lipinski definition) is 4. The molecule has 0 saturated carbocycles. The Bertz CT molecular complexity index is 445. The van der Waals surface area contributed by atoms with E-state index < -0.39 is 10.0 Å². The van der Waals surface area contributed by atoms with Crippen molar-refractivity contribution in [2.45, 2.75) is 45.6 Å². The molecule has 23 heavy (non-hydrogen) atoms. The lowest BCUT2D eigenvalue weighted by Gasteiger charge is -2.32. The summed E-state index contributed by atoms with van der Waals surface area (Å²) in [5, 5.41) is 6.76. The lowest BCUT2D eigenvalue weighted by Crippen LogP contribution is -2.48. The number of aliphatic imine (C=N–C) groups is 1. The zero-order valence-corrected chi connectivity index (χ0v) is 15.6. The van der Waals surface area contributed by atoms with Gasteiger partial charge >= 0.3 is 0 Å². The smallest absolute Gasteiger partial charge is 0.208 e. The van der Waals surface area contributed by atoms with Gasteiger partial charge in [-0.1, -0.05) is 6.92 Å². The van der Waals surface area contributed by atoms with E-state index in [0.29, 0.717) is 25.6 Å². The average Bonchev–Trinajstić information content (AvgIpc) is 2.48. The Balaban J connectivity index is 2.32. The summed E-state index contributed by atoms with van der Waals surface area (Å²) in [6, 6.07) is 0.468. The predicted molar refractivity (Wildman–Crippen MR) is 96.3 cm³/mol. The van der Waals surface area contributed by atoms with Gasteiger partial charge in [0.2, 0.25) is 10.0 Å². The maximum Gasteiger partial charge on any atom is 0.208 e. The highest BCUT2D eigenvalue weighted by Gasteiger charge is 2.19. The monoisotopic (exact) mass is 347 g/mol. The van der Waals surface area contributed by atoms with Crippen LogP contribution in [-0.2, 0) is 10.0 Å². The second-order valence-electron chi connectivity index (χ2n) is 6.04. The number of nitrogens with zero attached hydrogens (tertiary/aromatic N) is 2. The van der Waals surface area contributed by atoms with Crippen LogP contribution in [0.2, 0.25) is 0 Å². The first-order chi connectivity index (χ1) is 10.9. The van der Waals surface area contributed by atoms with Crippen molar-refractivity contribution < 1.29 is 8.42 Å². The van der Waals surface area contributed by atoms with Gasteiger partial charge in [-0.2, -0.15) is 0 Å². The van der Waals surface area contributed by atoms with E-state index >= 15 is 0 Å². The van der Waals surface area contributed by atoms with Gasteiger partial charge in [-0.05, 0) is 39.2 Å². The van der Waals surface area contributed by atoms with Gasteiger partial charge in [0.1, 0.15) is 0 Å². The van der Waals surface area contributed by atoms with E-state index in [4.69, 9.17) is 0 Å². The number of hydrogen-bond donors (Lipinski definition) is 3. The summed E-state index contributed by atoms with van der Waals surface area (Å²) < 4.78 is 24.5. The van der Waals surface area contributed by atoms with Crippen LogP contribution in [0.1, 0.15) is 39.5 Å². The largest absolute Gasteiger partial charge is 0.357 e. The zero-order chi connectivity index (χ0) is 17.1. The third-order valence-electron chi connectivity index (χ3n) is 3.78. The minimum Gasteiger partial charge on any atom is -0.357 e. The molecule has 0 radical (unpaired) electrons. The SMILES string of the molecule is CCCN1CCC(NC(=NCCCNS(C)(=O)=O)NCC)CC1. The number of guanidine groups is 1. The molecule has 0 bridgehead atoms. The number of nitrogens with one attached hydrogen (secondary N) is 3. The van der Waals surface area contributed by atoms with Crippen molar-refractivity contribution in [1.82, 2.24) is 20.3 Å². The van der Waals surface area contributed by atoms with E-state index in [1.165, 1.54) is 19.2 Å². The fourth-order valence-electron chi connectivity index (χ4n) is 2.66. The van der Waals surface area contributed by atoms with Crippen LogP contribution in [0, 0.1) is 0 Å². The molecule has 1 heterocycles. The summed E-state index contributed by atoms with van der Waals surface area (Å²) in [7, 11) is -3.10. The molecule has 0 aromatic heterocycles. The molecule has 0 spiro atoms. The van der Waals surface area contributed by atoms with E-state index in [0.717, 1.165) is 38.4 Å². The zero-order valence-electron chi connectivity index (χ0n) is 14.8. The molecule has 0 aliphatic carbocycles. The normalized spacial score (nSPS) is 18.1. The van der Waals surface area contributed by atoms with Gasteiger partial charge in [-0.15, -0.1) is 0 Å². The maximum absolute atomic E-state index is 11.0. The molecule has 0 atom stereocenters. The van der Waals surface area contributed by atoms with Gasteiger partial charge in [0.05, 0.1) is 6.26 Å². The van der Waals surface area contributed by atoms with Crippen LogP contribution >= 0.6 is 0 Å². The quantitative estimate of drug-likeness (QED) is 0.318. The predicted octanol–water partition coefficient (Wildman–Crippen LogP) is 0.355. The summed E-state index contributed by atoms with van der Waals surface area (Å²) in [5.74, 6) is 0.834. The van der Waals surface area contributed by atoms with Crippen LogP contribution in [0.25, 0.3) is 0 Å². The highest BCUT2D eigenvalue weighted by Crippen LogP contribution is 2.10. The number of rotatable bonds is 9. The number of likely N-dealkylation sites (tertiary alicyclic amines) is 1. The number of piperidine rings is 1. The van der Waals surface area contributed by atoms with Crippen molar-refractivity contribution in [1.29, 1.82) is 0 Å². The van der Waals surface area contributed by atoms with Crippen LogP contribution in [0.15, 0.2) is 4.99 Å². The number of sulfonamides is 1. The van der Waals surface area contributed by atoms with E-state index in [1.54, 1.807) is 0 Å². The van der Waals surface area contributed by atoms with E-state index in [9.17, 15) is 8.42 Å². The molecule has 1 rings (SSSR count). The van der Waals surface area contributed by atoms with Gasteiger partial charge in [-0.3, -0.25) is 4.99 Å². The molecule has 136 valence electrons. The van der Waals surface area contributed by atoms with Crippen molar-refractivity contribution in [3.05, 3.63) is 0 Å². The molecule has 1 fully saturated rings. The molecule has 0 aromatic carbocycles. The Labute approximate surface area is 141 Å². The van der Waals surface area contributed by atoms with Crippen molar-refractivity contribution in [3.63, 3.8) is 0 Å². The van der Waals surface area contributed by atoms with Crippen LogP contribution in [0.4, 0.5) is 0 Å². The van der Waals surface area contributed by atoms with E-state index in [2.05, 4.69) is 32.2 Å². The Kier molecular flexibility index (Phi) is 9.50. The summed E-state index contributed by atoms with van der Waals surface area (Å²) in [4.78, 5) is 7.04. The topological polar surface area (TPSA) is 85.8 Å². The van der Waals surface area contributed by atoms with Crippen molar-refractivity contribution in [2.75, 3.05) is 45.5 Å². The molecule has 0 aromatic rings. The highest BCUT2D eigenvalue weighted by atomic mass is 32.2. The van der Waals surface area contributed by atoms with Crippen LogP contribution in [0.3, 0.4) is 0 Å².